The number of H-pyrrole nitrogens is 2. The monoisotopic (exact) mass is 493 g/mol. The Hall–Kier alpha value is -3.81. The number of aryl methyl sites for hydroxylation is 2. The number of rotatable bonds is 11. The molecule has 2 aromatic heterocycles. The molecule has 0 unspecified atom stereocenters. The van der Waals surface area contributed by atoms with Crippen LogP contribution in [0.5, 0.6) is 5.75 Å². The maximum atomic E-state index is 14.2. The normalized spacial score (nSPS) is 11.2. The van der Waals surface area contributed by atoms with Gasteiger partial charge in [-0.2, -0.15) is 0 Å². The summed E-state index contributed by atoms with van der Waals surface area (Å²) in [4.78, 5) is 30.4. The molecular weight excluding hydrogens is 461 g/mol. The van der Waals surface area contributed by atoms with Gasteiger partial charge in [0, 0.05) is 34.9 Å². The van der Waals surface area contributed by atoms with Gasteiger partial charge in [-0.05, 0) is 81.5 Å². The highest BCUT2D eigenvalue weighted by molar-refractivity contribution is 5.98. The molecule has 2 heterocycles. The van der Waals surface area contributed by atoms with Gasteiger partial charge in [-0.15, -0.1) is 0 Å². The Morgan fingerprint density at radius 3 is 2.69 bits per heavy atom. The molecule has 0 radical (unpaired) electrons. The van der Waals surface area contributed by atoms with Crippen LogP contribution in [0.4, 0.5) is 4.39 Å². The number of esters is 1. The first-order chi connectivity index (χ1) is 17.4. The van der Waals surface area contributed by atoms with E-state index in [1.807, 2.05) is 32.0 Å². The van der Waals surface area contributed by atoms with Crippen molar-refractivity contribution < 1.29 is 23.5 Å². The van der Waals surface area contributed by atoms with E-state index in [9.17, 15) is 14.0 Å². The number of aromatic amines is 2. The molecule has 190 valence electrons. The van der Waals surface area contributed by atoms with E-state index >= 15 is 0 Å². The van der Waals surface area contributed by atoms with Crippen LogP contribution in [-0.2, 0) is 16.0 Å². The summed E-state index contributed by atoms with van der Waals surface area (Å²) in [5.41, 5.74) is 4.75. The van der Waals surface area contributed by atoms with Gasteiger partial charge >= 0.3 is 5.97 Å². The first-order valence-electron chi connectivity index (χ1n) is 12.3. The van der Waals surface area contributed by atoms with Crippen LogP contribution in [-0.4, -0.2) is 41.6 Å². The number of hydrogen-bond donors (Lipinski definition) is 3. The maximum Gasteiger partial charge on any atom is 0.305 e. The standard InChI is InChI=1S/C28H32FN3O4/c1-4-35-25(33)7-5-6-14-36-20-9-11-23-19(15-20)16-24(32-23)28(34)30-13-12-21-18(3)31-27-22(29)10-8-17(2)26(21)27/h8-11,15-16,31-32H,4-7,12-14H2,1-3H3,(H,30,34). The van der Waals surface area contributed by atoms with Crippen molar-refractivity contribution in [3.63, 3.8) is 0 Å². The van der Waals surface area contributed by atoms with E-state index in [0.717, 1.165) is 39.5 Å². The average Bonchev–Trinajstić information content (AvgIpc) is 3.43. The highest BCUT2D eigenvalue weighted by atomic mass is 19.1. The number of unbranched alkanes of at least 4 members (excludes halogenated alkanes) is 1. The quantitative estimate of drug-likeness (QED) is 0.190. The van der Waals surface area contributed by atoms with Crippen LogP contribution in [0.15, 0.2) is 36.4 Å². The maximum absolute atomic E-state index is 14.2. The number of aromatic nitrogens is 2. The Labute approximate surface area is 209 Å². The van der Waals surface area contributed by atoms with E-state index in [1.54, 1.807) is 19.1 Å². The highest BCUT2D eigenvalue weighted by Gasteiger charge is 2.15. The molecule has 0 bridgehead atoms. The zero-order valence-corrected chi connectivity index (χ0v) is 20.9. The number of fused-ring (bicyclic) bond motifs is 2. The van der Waals surface area contributed by atoms with Crippen molar-refractivity contribution >= 4 is 33.7 Å². The first kappa shape index (κ1) is 25.3. The fraction of sp³-hybridized carbons (Fsp3) is 0.357. The topological polar surface area (TPSA) is 96.2 Å². The predicted molar refractivity (Wildman–Crippen MR) is 138 cm³/mol. The minimum Gasteiger partial charge on any atom is -0.494 e. The van der Waals surface area contributed by atoms with Crippen LogP contribution < -0.4 is 10.1 Å². The summed E-state index contributed by atoms with van der Waals surface area (Å²) in [5, 5.41) is 4.73. The molecule has 36 heavy (non-hydrogen) atoms. The van der Waals surface area contributed by atoms with Gasteiger partial charge in [0.1, 0.15) is 17.3 Å². The molecule has 3 N–H and O–H groups in total. The van der Waals surface area contributed by atoms with Gasteiger partial charge in [-0.1, -0.05) is 6.07 Å². The number of amides is 1. The van der Waals surface area contributed by atoms with Crippen molar-refractivity contribution in [2.45, 2.75) is 46.5 Å². The fourth-order valence-corrected chi connectivity index (χ4v) is 4.47. The molecule has 0 saturated heterocycles. The Morgan fingerprint density at radius 2 is 1.89 bits per heavy atom. The van der Waals surface area contributed by atoms with E-state index in [1.165, 1.54) is 6.07 Å². The fourth-order valence-electron chi connectivity index (χ4n) is 4.47. The number of carbonyl (C=O) groups is 2. The number of nitrogens with one attached hydrogen (secondary N) is 3. The van der Waals surface area contributed by atoms with Crippen molar-refractivity contribution in [3.05, 3.63) is 64.7 Å². The van der Waals surface area contributed by atoms with Gasteiger partial charge in [-0.25, -0.2) is 4.39 Å². The summed E-state index contributed by atoms with van der Waals surface area (Å²) < 4.78 is 24.9. The molecule has 0 aliphatic rings. The lowest BCUT2D eigenvalue weighted by molar-refractivity contribution is -0.143. The molecule has 2 aromatic carbocycles. The third-order valence-electron chi connectivity index (χ3n) is 6.28. The first-order valence-corrected chi connectivity index (χ1v) is 12.3. The summed E-state index contributed by atoms with van der Waals surface area (Å²) in [7, 11) is 0. The van der Waals surface area contributed by atoms with E-state index in [2.05, 4.69) is 15.3 Å². The second kappa shape index (κ2) is 11.3. The van der Waals surface area contributed by atoms with Gasteiger partial charge in [-0.3, -0.25) is 9.59 Å². The third kappa shape index (κ3) is 5.70. The average molecular weight is 494 g/mol. The summed E-state index contributed by atoms with van der Waals surface area (Å²) in [5.74, 6) is 0.0553. The zero-order chi connectivity index (χ0) is 25.7. The van der Waals surface area contributed by atoms with Gasteiger partial charge in [0.25, 0.3) is 5.91 Å². The van der Waals surface area contributed by atoms with Gasteiger partial charge < -0.3 is 24.8 Å². The predicted octanol–water partition coefficient (Wildman–Crippen LogP) is 5.49. The molecule has 0 spiro atoms. The molecule has 4 aromatic rings. The molecule has 0 atom stereocenters. The van der Waals surface area contributed by atoms with Crippen LogP contribution >= 0.6 is 0 Å². The lowest BCUT2D eigenvalue weighted by Gasteiger charge is -2.06. The summed E-state index contributed by atoms with van der Waals surface area (Å²) in [6.45, 7) is 7.01. The minimum atomic E-state index is -0.271. The molecule has 4 rings (SSSR count). The molecule has 8 heteroatoms. The largest absolute Gasteiger partial charge is 0.494 e. The van der Waals surface area contributed by atoms with Crippen LogP contribution in [0.25, 0.3) is 21.8 Å². The van der Waals surface area contributed by atoms with Crippen molar-refractivity contribution in [3.8, 4) is 5.75 Å². The van der Waals surface area contributed by atoms with Crippen LogP contribution in [0, 0.1) is 19.7 Å². The molecule has 1 amide bonds. The van der Waals surface area contributed by atoms with E-state index in [-0.39, 0.29) is 17.7 Å². The molecule has 0 saturated carbocycles. The van der Waals surface area contributed by atoms with E-state index < -0.39 is 0 Å². The lowest BCUT2D eigenvalue weighted by Crippen LogP contribution is -2.26. The van der Waals surface area contributed by atoms with Gasteiger partial charge in [0.15, 0.2) is 0 Å². The second-order valence-corrected chi connectivity index (χ2v) is 8.89. The Bertz CT molecular complexity index is 1390. The number of halogens is 1. The smallest absolute Gasteiger partial charge is 0.305 e. The summed E-state index contributed by atoms with van der Waals surface area (Å²) in [6, 6.07) is 10.7. The summed E-state index contributed by atoms with van der Waals surface area (Å²) >= 11 is 0. The minimum absolute atomic E-state index is 0.183. The van der Waals surface area contributed by atoms with E-state index in [0.29, 0.717) is 56.0 Å². The number of hydrogen-bond acceptors (Lipinski definition) is 4. The number of benzene rings is 2. The Kier molecular flexibility index (Phi) is 7.93. The molecule has 0 aliphatic carbocycles. The van der Waals surface area contributed by atoms with Crippen LogP contribution in [0.1, 0.15) is 53.5 Å². The van der Waals surface area contributed by atoms with Crippen molar-refractivity contribution in [1.29, 1.82) is 0 Å². The van der Waals surface area contributed by atoms with Crippen LogP contribution in [0.3, 0.4) is 0 Å². The number of ether oxygens (including phenoxy) is 2. The number of carbonyl (C=O) groups excluding carboxylic acids is 2. The molecule has 0 aliphatic heterocycles. The second-order valence-electron chi connectivity index (χ2n) is 8.89. The highest BCUT2D eigenvalue weighted by Crippen LogP contribution is 2.28. The van der Waals surface area contributed by atoms with Gasteiger partial charge in [0.05, 0.1) is 18.7 Å². The van der Waals surface area contributed by atoms with Crippen molar-refractivity contribution in [2.24, 2.45) is 0 Å². The van der Waals surface area contributed by atoms with Crippen LogP contribution in [0.2, 0.25) is 0 Å². The molecule has 0 fully saturated rings. The molecule has 7 nitrogen and oxygen atoms in total. The van der Waals surface area contributed by atoms with Crippen molar-refractivity contribution in [2.75, 3.05) is 19.8 Å². The van der Waals surface area contributed by atoms with Crippen molar-refractivity contribution in [1.82, 2.24) is 15.3 Å². The van der Waals surface area contributed by atoms with E-state index in [4.69, 9.17) is 9.47 Å². The summed E-state index contributed by atoms with van der Waals surface area (Å²) in [6.07, 6.45) is 2.45. The van der Waals surface area contributed by atoms with Gasteiger partial charge in [0.2, 0.25) is 0 Å². The SMILES string of the molecule is CCOC(=O)CCCCOc1ccc2[nH]c(C(=O)NCCc3c(C)[nH]c4c(F)ccc(C)c34)cc2c1. The Balaban J connectivity index is 1.32. The molecular formula is C28H32FN3O4. The zero-order valence-electron chi connectivity index (χ0n) is 20.9. The lowest BCUT2D eigenvalue weighted by atomic mass is 10.0. The Morgan fingerprint density at radius 1 is 1.06 bits per heavy atom. The third-order valence-corrected chi connectivity index (χ3v) is 6.28.